The molecule has 2 aromatic carbocycles. The van der Waals surface area contributed by atoms with Crippen LogP contribution < -0.4 is 0 Å². The highest BCUT2D eigenvalue weighted by atomic mass is 79.9. The first-order valence-electron chi connectivity index (χ1n) is 5.89. The van der Waals surface area contributed by atoms with Crippen LogP contribution in [-0.2, 0) is 5.88 Å². The van der Waals surface area contributed by atoms with Gasteiger partial charge in [0.15, 0.2) is 0 Å². The van der Waals surface area contributed by atoms with E-state index in [0.717, 1.165) is 0 Å². The van der Waals surface area contributed by atoms with Crippen molar-refractivity contribution in [2.45, 2.75) is 5.88 Å². The van der Waals surface area contributed by atoms with E-state index in [-0.39, 0.29) is 10.4 Å². The Labute approximate surface area is 141 Å². The fourth-order valence-electron chi connectivity index (χ4n) is 2.14. The molecule has 0 saturated carbocycles. The van der Waals surface area contributed by atoms with Gasteiger partial charge in [0.2, 0.25) is 0 Å². The zero-order valence-corrected chi connectivity index (χ0v) is 14.3. The minimum absolute atomic E-state index is 0.0867. The number of fused-ring (bicyclic) bond motifs is 1. The smallest absolute Gasteiger partial charge is 0.148 e. The summed E-state index contributed by atoms with van der Waals surface area (Å²) < 4.78 is 30.4. The molecule has 0 bridgehead atoms. The van der Waals surface area contributed by atoms with Crippen LogP contribution in [0, 0.1) is 11.6 Å². The molecule has 2 nitrogen and oxygen atoms in total. The lowest BCUT2D eigenvalue weighted by Crippen LogP contribution is -2.02. The van der Waals surface area contributed by atoms with E-state index in [0.29, 0.717) is 27.0 Å². The van der Waals surface area contributed by atoms with Gasteiger partial charge in [0, 0.05) is 10.5 Å². The van der Waals surface area contributed by atoms with E-state index in [4.69, 9.17) is 11.6 Å². The summed E-state index contributed by atoms with van der Waals surface area (Å²) in [6, 6.07) is 7.56. The second-order valence-corrected chi connectivity index (χ2v) is 6.39. The van der Waals surface area contributed by atoms with Crippen LogP contribution in [0.5, 0.6) is 0 Å². The Bertz CT molecular complexity index is 849. The molecule has 0 unspecified atom stereocenters. The summed E-state index contributed by atoms with van der Waals surface area (Å²) in [6.07, 6.45) is 0. The molecule has 108 valence electrons. The number of nitrogens with zero attached hydrogens (tertiary/aromatic N) is 2. The van der Waals surface area contributed by atoms with E-state index in [1.54, 1.807) is 22.8 Å². The van der Waals surface area contributed by atoms with Crippen molar-refractivity contribution >= 4 is 54.5 Å². The van der Waals surface area contributed by atoms with E-state index in [1.165, 1.54) is 12.1 Å². The van der Waals surface area contributed by atoms with Crippen molar-refractivity contribution in [2.24, 2.45) is 0 Å². The van der Waals surface area contributed by atoms with Gasteiger partial charge in [-0.25, -0.2) is 13.8 Å². The van der Waals surface area contributed by atoms with Crippen LogP contribution in [0.2, 0.25) is 0 Å². The monoisotopic (exact) mass is 434 g/mol. The molecule has 0 aliphatic rings. The van der Waals surface area contributed by atoms with Gasteiger partial charge < -0.3 is 0 Å². The van der Waals surface area contributed by atoms with E-state index in [9.17, 15) is 8.78 Å². The van der Waals surface area contributed by atoms with Gasteiger partial charge in [-0.15, -0.1) is 11.6 Å². The Morgan fingerprint density at radius 1 is 1.10 bits per heavy atom. The third kappa shape index (κ3) is 2.60. The number of aromatic nitrogens is 2. The maximum absolute atomic E-state index is 14.2. The molecular formula is C14H7Br2ClF2N2. The maximum atomic E-state index is 14.2. The zero-order chi connectivity index (χ0) is 15.1. The van der Waals surface area contributed by atoms with Crippen LogP contribution >= 0.6 is 43.5 Å². The van der Waals surface area contributed by atoms with Crippen molar-refractivity contribution in [3.63, 3.8) is 0 Å². The molecular weight excluding hydrogens is 429 g/mol. The summed E-state index contributed by atoms with van der Waals surface area (Å²) >= 11 is 12.2. The minimum atomic E-state index is -0.426. The van der Waals surface area contributed by atoms with E-state index in [1.807, 2.05) is 0 Å². The number of hydrogen-bond acceptors (Lipinski definition) is 1. The Balaban J connectivity index is 2.37. The summed E-state index contributed by atoms with van der Waals surface area (Å²) in [5.41, 5.74) is 1.32. The number of rotatable bonds is 2. The molecule has 0 atom stereocenters. The Kier molecular flexibility index (Phi) is 4.03. The number of imidazole rings is 1. The molecule has 3 aromatic rings. The normalized spacial score (nSPS) is 11.3. The Morgan fingerprint density at radius 3 is 2.52 bits per heavy atom. The number of alkyl halides is 1. The van der Waals surface area contributed by atoms with E-state index in [2.05, 4.69) is 36.8 Å². The van der Waals surface area contributed by atoms with Crippen LogP contribution in [0.15, 0.2) is 39.3 Å². The van der Waals surface area contributed by atoms with Gasteiger partial charge in [0.05, 0.1) is 27.1 Å². The van der Waals surface area contributed by atoms with Gasteiger partial charge in [-0.2, -0.15) is 0 Å². The third-order valence-corrected chi connectivity index (χ3v) is 4.38. The second kappa shape index (κ2) is 5.66. The van der Waals surface area contributed by atoms with Crippen LogP contribution in [-0.4, -0.2) is 9.55 Å². The van der Waals surface area contributed by atoms with E-state index < -0.39 is 11.6 Å². The van der Waals surface area contributed by atoms with Gasteiger partial charge in [0.1, 0.15) is 17.5 Å². The number of benzene rings is 2. The molecule has 3 rings (SSSR count). The maximum Gasteiger partial charge on any atom is 0.148 e. The second-order valence-electron chi connectivity index (χ2n) is 4.35. The average Bonchev–Trinajstić information content (AvgIpc) is 2.77. The molecule has 7 heteroatoms. The molecule has 1 aromatic heterocycles. The van der Waals surface area contributed by atoms with Crippen molar-refractivity contribution in [1.29, 1.82) is 0 Å². The van der Waals surface area contributed by atoms with Crippen LogP contribution in [0.4, 0.5) is 8.78 Å². The summed E-state index contributed by atoms with van der Waals surface area (Å²) in [4.78, 5) is 4.26. The molecule has 0 amide bonds. The molecule has 0 aliphatic carbocycles. The molecule has 0 N–H and O–H groups in total. The fourth-order valence-corrected chi connectivity index (χ4v) is 2.99. The SMILES string of the molecule is Fc1cc2nc(CCl)n(-c3ccc(Br)cc3F)c2cc1Br. The van der Waals surface area contributed by atoms with Gasteiger partial charge in [-0.05, 0) is 40.2 Å². The number of halogens is 5. The lowest BCUT2D eigenvalue weighted by molar-refractivity contribution is 0.616. The van der Waals surface area contributed by atoms with Crippen molar-refractivity contribution in [2.75, 3.05) is 0 Å². The zero-order valence-electron chi connectivity index (χ0n) is 10.4. The molecule has 0 aliphatic heterocycles. The average molecular weight is 436 g/mol. The van der Waals surface area contributed by atoms with Crippen LogP contribution in [0.1, 0.15) is 5.82 Å². The predicted octanol–water partition coefficient (Wildman–Crippen LogP) is 5.57. The first kappa shape index (κ1) is 14.9. The lowest BCUT2D eigenvalue weighted by Gasteiger charge is -2.09. The topological polar surface area (TPSA) is 17.8 Å². The quantitative estimate of drug-likeness (QED) is 0.481. The molecule has 0 radical (unpaired) electrons. The largest absolute Gasteiger partial charge is 0.292 e. The summed E-state index contributed by atoms with van der Waals surface area (Å²) in [5, 5.41) is 0. The first-order chi connectivity index (χ1) is 10.0. The summed E-state index contributed by atoms with van der Waals surface area (Å²) in [5.74, 6) is -0.311. The molecule has 0 spiro atoms. The van der Waals surface area contributed by atoms with Gasteiger partial charge in [-0.1, -0.05) is 15.9 Å². The van der Waals surface area contributed by atoms with E-state index >= 15 is 0 Å². The van der Waals surface area contributed by atoms with Crippen LogP contribution in [0.25, 0.3) is 16.7 Å². The highest BCUT2D eigenvalue weighted by Gasteiger charge is 2.17. The highest BCUT2D eigenvalue weighted by molar-refractivity contribution is 9.10. The van der Waals surface area contributed by atoms with Gasteiger partial charge in [-0.3, -0.25) is 4.57 Å². The lowest BCUT2D eigenvalue weighted by atomic mass is 10.2. The Morgan fingerprint density at radius 2 is 1.86 bits per heavy atom. The highest BCUT2D eigenvalue weighted by Crippen LogP contribution is 2.29. The fraction of sp³-hybridized carbons (Fsp3) is 0.0714. The van der Waals surface area contributed by atoms with Crippen molar-refractivity contribution in [3.8, 4) is 5.69 Å². The number of hydrogen-bond donors (Lipinski definition) is 0. The molecule has 1 heterocycles. The van der Waals surface area contributed by atoms with Gasteiger partial charge >= 0.3 is 0 Å². The standard InChI is InChI=1S/C14H7Br2ClF2N2/c15-7-1-2-12(10(19)3-7)21-13-4-8(16)9(18)5-11(13)20-14(21)6-17/h1-5H,6H2. The Hall–Kier alpha value is -0.980. The molecule has 21 heavy (non-hydrogen) atoms. The minimum Gasteiger partial charge on any atom is -0.292 e. The van der Waals surface area contributed by atoms with Crippen molar-refractivity contribution in [3.05, 3.63) is 56.7 Å². The third-order valence-electron chi connectivity index (χ3n) is 3.04. The summed E-state index contributed by atoms with van der Waals surface area (Å²) in [6.45, 7) is 0. The van der Waals surface area contributed by atoms with Crippen LogP contribution in [0.3, 0.4) is 0 Å². The first-order valence-corrected chi connectivity index (χ1v) is 8.01. The molecule has 0 fully saturated rings. The van der Waals surface area contributed by atoms with Crippen molar-refractivity contribution < 1.29 is 8.78 Å². The predicted molar refractivity (Wildman–Crippen MR) is 85.9 cm³/mol. The molecule has 0 saturated heterocycles. The van der Waals surface area contributed by atoms with Crippen molar-refractivity contribution in [1.82, 2.24) is 9.55 Å². The summed E-state index contributed by atoms with van der Waals surface area (Å²) in [7, 11) is 0. The van der Waals surface area contributed by atoms with Gasteiger partial charge in [0.25, 0.3) is 0 Å².